The summed E-state index contributed by atoms with van der Waals surface area (Å²) in [6.45, 7) is 2.09. The molecule has 1 saturated heterocycles. The number of carbonyl (C=O) groups is 2. The van der Waals surface area contributed by atoms with E-state index in [1.165, 1.54) is 29.2 Å². The average Bonchev–Trinajstić information content (AvgIpc) is 2.94. The molecule has 3 amide bonds. The summed E-state index contributed by atoms with van der Waals surface area (Å²) >= 11 is -0.247. The summed E-state index contributed by atoms with van der Waals surface area (Å²) in [5, 5.41) is 0.898. The van der Waals surface area contributed by atoms with Crippen molar-refractivity contribution < 1.29 is 22.8 Å². The van der Waals surface area contributed by atoms with Crippen molar-refractivity contribution in [3.8, 4) is 0 Å². The molecular formula is C21H16F3N3O2S. The molecule has 0 bridgehead atoms. The number of carbonyl (C=O) groups excluding carboxylic acids is 2. The van der Waals surface area contributed by atoms with Crippen molar-refractivity contribution in [2.75, 3.05) is 11.4 Å². The molecule has 2 heterocycles. The minimum Gasteiger partial charge on any atom is -0.310 e. The van der Waals surface area contributed by atoms with Gasteiger partial charge in [0.05, 0.1) is 11.2 Å². The number of alkyl halides is 3. The van der Waals surface area contributed by atoms with Crippen LogP contribution in [0.5, 0.6) is 0 Å². The van der Waals surface area contributed by atoms with E-state index in [1.54, 1.807) is 12.3 Å². The van der Waals surface area contributed by atoms with E-state index in [0.717, 1.165) is 26.9 Å². The van der Waals surface area contributed by atoms with Gasteiger partial charge in [-0.3, -0.25) is 9.78 Å². The minimum atomic E-state index is -4.40. The van der Waals surface area contributed by atoms with Gasteiger partial charge in [0.2, 0.25) is 0 Å². The summed E-state index contributed by atoms with van der Waals surface area (Å²) in [7, 11) is 0. The van der Waals surface area contributed by atoms with Crippen molar-refractivity contribution in [2.45, 2.75) is 23.9 Å². The molecule has 3 aromatic rings. The fraction of sp³-hybridized carbons (Fsp3) is 0.190. The fourth-order valence-electron chi connectivity index (χ4n) is 3.39. The van der Waals surface area contributed by atoms with Crippen LogP contribution in [0.4, 0.5) is 23.7 Å². The zero-order valence-electron chi connectivity index (χ0n) is 15.8. The Kier molecular flexibility index (Phi) is 5.15. The predicted octanol–water partition coefficient (Wildman–Crippen LogP) is 5.12. The number of nitrogens with zero attached hydrogens (tertiary/aromatic N) is 3. The Morgan fingerprint density at radius 1 is 1.07 bits per heavy atom. The van der Waals surface area contributed by atoms with Crippen LogP contribution in [0.15, 0.2) is 59.6 Å². The number of benzene rings is 2. The number of fused-ring (bicyclic) bond motifs is 1. The van der Waals surface area contributed by atoms with Crippen LogP contribution >= 0.6 is 11.8 Å². The second kappa shape index (κ2) is 7.64. The number of hydrogen-bond donors (Lipinski definition) is 0. The largest absolute Gasteiger partial charge is 0.446 e. The molecule has 0 N–H and O–H groups in total. The maximum Gasteiger partial charge on any atom is 0.446 e. The van der Waals surface area contributed by atoms with E-state index in [9.17, 15) is 22.8 Å². The number of aromatic nitrogens is 1. The third-order valence-electron chi connectivity index (χ3n) is 4.72. The third kappa shape index (κ3) is 4.11. The highest BCUT2D eigenvalue weighted by molar-refractivity contribution is 8.00. The lowest BCUT2D eigenvalue weighted by Gasteiger charge is -2.18. The molecule has 0 atom stereocenters. The number of rotatable bonds is 4. The van der Waals surface area contributed by atoms with E-state index in [0.29, 0.717) is 0 Å². The van der Waals surface area contributed by atoms with Gasteiger partial charge < -0.3 is 4.90 Å². The lowest BCUT2D eigenvalue weighted by Crippen LogP contribution is -2.32. The van der Waals surface area contributed by atoms with E-state index in [2.05, 4.69) is 4.98 Å². The number of amides is 3. The molecule has 0 radical (unpaired) electrons. The lowest BCUT2D eigenvalue weighted by molar-refractivity contribution is -0.116. The van der Waals surface area contributed by atoms with Crippen LogP contribution in [-0.2, 0) is 11.3 Å². The van der Waals surface area contributed by atoms with Gasteiger partial charge in [0, 0.05) is 23.0 Å². The van der Waals surface area contributed by atoms with Crippen molar-refractivity contribution in [1.29, 1.82) is 0 Å². The van der Waals surface area contributed by atoms with Crippen molar-refractivity contribution in [2.24, 2.45) is 0 Å². The smallest absolute Gasteiger partial charge is 0.310 e. The van der Waals surface area contributed by atoms with Crippen molar-refractivity contribution in [3.05, 3.63) is 65.9 Å². The highest BCUT2D eigenvalue weighted by atomic mass is 32.2. The second-order valence-electron chi connectivity index (χ2n) is 6.90. The molecule has 0 spiro atoms. The Morgan fingerprint density at radius 2 is 1.80 bits per heavy atom. The number of anilines is 1. The van der Waals surface area contributed by atoms with E-state index in [-0.39, 0.29) is 35.4 Å². The molecule has 1 aliphatic heterocycles. The van der Waals surface area contributed by atoms with Gasteiger partial charge in [0.15, 0.2) is 0 Å². The Balaban J connectivity index is 1.55. The summed E-state index contributed by atoms with van der Waals surface area (Å²) in [5.41, 5.74) is -1.42. The first-order valence-corrected chi connectivity index (χ1v) is 9.85. The molecule has 9 heteroatoms. The van der Waals surface area contributed by atoms with Gasteiger partial charge in [-0.05, 0) is 66.2 Å². The van der Waals surface area contributed by atoms with Crippen LogP contribution in [0, 0.1) is 6.92 Å². The molecule has 30 heavy (non-hydrogen) atoms. The van der Waals surface area contributed by atoms with E-state index in [1.807, 2.05) is 25.1 Å². The summed E-state index contributed by atoms with van der Waals surface area (Å²) in [4.78, 5) is 32.1. The van der Waals surface area contributed by atoms with Gasteiger partial charge in [-0.15, -0.1) is 0 Å². The molecule has 1 fully saturated rings. The number of thioether (sulfide) groups is 1. The molecule has 0 saturated carbocycles. The SMILES string of the molecule is Cc1ccc2c(CN3CC(=O)N(c4ccc(SC(F)(F)F)cc4)C3=O)ccnc2c1. The molecule has 1 aliphatic rings. The first kappa shape index (κ1) is 20.2. The summed E-state index contributed by atoms with van der Waals surface area (Å²) in [5.74, 6) is -0.426. The third-order valence-corrected chi connectivity index (χ3v) is 5.45. The van der Waals surface area contributed by atoms with Crippen LogP contribution in [-0.4, -0.2) is 33.9 Å². The number of aryl methyl sites for hydroxylation is 1. The highest BCUT2D eigenvalue weighted by Gasteiger charge is 2.37. The second-order valence-corrected chi connectivity index (χ2v) is 8.04. The zero-order valence-corrected chi connectivity index (χ0v) is 16.6. The maximum absolute atomic E-state index is 12.9. The highest BCUT2D eigenvalue weighted by Crippen LogP contribution is 2.37. The molecule has 2 aromatic carbocycles. The maximum atomic E-state index is 12.9. The Hall–Kier alpha value is -3.07. The van der Waals surface area contributed by atoms with Gasteiger partial charge >= 0.3 is 11.5 Å². The topological polar surface area (TPSA) is 53.5 Å². The molecular weight excluding hydrogens is 415 g/mol. The predicted molar refractivity (Wildman–Crippen MR) is 108 cm³/mol. The Morgan fingerprint density at radius 3 is 2.50 bits per heavy atom. The molecule has 4 rings (SSSR count). The van der Waals surface area contributed by atoms with E-state index >= 15 is 0 Å². The number of halogens is 3. The minimum absolute atomic E-state index is 0.0132. The van der Waals surface area contributed by atoms with E-state index < -0.39 is 17.4 Å². The molecule has 5 nitrogen and oxygen atoms in total. The standard InChI is InChI=1S/C21H16F3N3O2S/c1-13-2-7-17-14(8-9-25-18(17)10-13)11-26-12-19(28)27(20(26)29)15-3-5-16(6-4-15)30-21(22,23)24/h2-10H,11-12H2,1H3. The Bertz CT molecular complexity index is 1130. The molecule has 154 valence electrons. The molecule has 0 aliphatic carbocycles. The van der Waals surface area contributed by atoms with Crippen LogP contribution in [0.3, 0.4) is 0 Å². The Labute approximate surface area is 174 Å². The number of imide groups is 1. The quantitative estimate of drug-likeness (QED) is 0.425. The van der Waals surface area contributed by atoms with Gasteiger partial charge in [0.1, 0.15) is 6.54 Å². The fourth-order valence-corrected chi connectivity index (χ4v) is 3.92. The van der Waals surface area contributed by atoms with Crippen LogP contribution in [0.2, 0.25) is 0 Å². The van der Waals surface area contributed by atoms with Crippen LogP contribution in [0.25, 0.3) is 10.9 Å². The van der Waals surface area contributed by atoms with Crippen LogP contribution < -0.4 is 4.90 Å². The average molecular weight is 431 g/mol. The van der Waals surface area contributed by atoms with Crippen molar-refractivity contribution in [1.82, 2.24) is 9.88 Å². The van der Waals surface area contributed by atoms with Gasteiger partial charge in [-0.1, -0.05) is 12.1 Å². The van der Waals surface area contributed by atoms with Crippen molar-refractivity contribution >= 4 is 40.3 Å². The van der Waals surface area contributed by atoms with Crippen LogP contribution in [0.1, 0.15) is 11.1 Å². The van der Waals surface area contributed by atoms with Gasteiger partial charge in [-0.25, -0.2) is 9.69 Å². The summed E-state index contributed by atoms with van der Waals surface area (Å²) in [6, 6.07) is 12.3. The van der Waals surface area contributed by atoms with Crippen molar-refractivity contribution in [3.63, 3.8) is 0 Å². The first-order chi connectivity index (χ1) is 14.2. The summed E-state index contributed by atoms with van der Waals surface area (Å²) < 4.78 is 37.5. The number of pyridine rings is 1. The molecule has 0 unspecified atom stereocenters. The van der Waals surface area contributed by atoms with Gasteiger partial charge in [0.25, 0.3) is 5.91 Å². The number of hydrogen-bond acceptors (Lipinski definition) is 4. The number of urea groups is 1. The first-order valence-electron chi connectivity index (χ1n) is 9.03. The summed E-state index contributed by atoms with van der Waals surface area (Å²) in [6.07, 6.45) is 1.66. The van der Waals surface area contributed by atoms with Gasteiger partial charge in [-0.2, -0.15) is 13.2 Å². The lowest BCUT2D eigenvalue weighted by atomic mass is 10.1. The molecule has 1 aromatic heterocycles. The normalized spacial score (nSPS) is 14.8. The van der Waals surface area contributed by atoms with E-state index in [4.69, 9.17) is 0 Å². The zero-order chi connectivity index (χ0) is 21.5. The monoisotopic (exact) mass is 431 g/mol.